The Morgan fingerprint density at radius 2 is 1.73 bits per heavy atom. The van der Waals surface area contributed by atoms with Crippen molar-refractivity contribution in [2.24, 2.45) is 11.8 Å². The van der Waals surface area contributed by atoms with Crippen molar-refractivity contribution in [3.8, 4) is 5.75 Å². The van der Waals surface area contributed by atoms with Gasteiger partial charge in [0, 0.05) is 18.1 Å². The van der Waals surface area contributed by atoms with Crippen LogP contribution in [0.4, 0.5) is 13.2 Å². The highest BCUT2D eigenvalue weighted by molar-refractivity contribution is 5.89. The molecule has 202 valence electrons. The van der Waals surface area contributed by atoms with Crippen molar-refractivity contribution in [2.75, 3.05) is 0 Å². The minimum absolute atomic E-state index is 0.00783. The summed E-state index contributed by atoms with van der Waals surface area (Å²) in [6.45, 7) is 4.26. The van der Waals surface area contributed by atoms with Crippen LogP contribution in [0.3, 0.4) is 0 Å². The molecule has 7 heteroatoms. The molecular weight excluding hydrogens is 479 g/mol. The van der Waals surface area contributed by atoms with Gasteiger partial charge in [0.05, 0.1) is 12.0 Å². The molecule has 1 N–H and O–H groups in total. The minimum atomic E-state index is -4.52. The Labute approximate surface area is 217 Å². The van der Waals surface area contributed by atoms with E-state index in [1.54, 1.807) is 12.1 Å². The number of carboxylic acids is 1. The summed E-state index contributed by atoms with van der Waals surface area (Å²) < 4.78 is 49.0. The number of hydrogen-bond acceptors (Lipinski definition) is 3. The van der Waals surface area contributed by atoms with Gasteiger partial charge in [0.25, 0.3) is 0 Å². The van der Waals surface area contributed by atoms with E-state index in [1.807, 2.05) is 12.1 Å². The summed E-state index contributed by atoms with van der Waals surface area (Å²) in [7, 11) is 0. The molecule has 3 aliphatic rings. The number of ether oxygens (including phenoxy) is 1. The largest absolute Gasteiger partial charge is 0.490 e. The molecule has 2 bridgehead atoms. The van der Waals surface area contributed by atoms with Crippen molar-refractivity contribution >= 4 is 16.7 Å². The van der Waals surface area contributed by atoms with Gasteiger partial charge in [0.1, 0.15) is 11.3 Å². The number of halogens is 3. The molecule has 2 aromatic carbocycles. The first-order chi connectivity index (χ1) is 17.7. The molecule has 0 spiro atoms. The fourth-order valence-corrected chi connectivity index (χ4v) is 7.24. The molecule has 2 aromatic rings. The van der Waals surface area contributed by atoms with Crippen LogP contribution in [0.25, 0.3) is 10.8 Å². The summed E-state index contributed by atoms with van der Waals surface area (Å²) in [6, 6.07) is 8.96. The lowest BCUT2D eigenvalue weighted by Gasteiger charge is -2.51. The van der Waals surface area contributed by atoms with Crippen LogP contribution < -0.4 is 4.74 Å². The number of carbonyl (C=O) groups is 1. The monoisotopic (exact) mass is 517 g/mol. The van der Waals surface area contributed by atoms with Crippen LogP contribution >= 0.6 is 0 Å². The van der Waals surface area contributed by atoms with E-state index in [9.17, 15) is 23.1 Å². The molecule has 4 nitrogen and oxygen atoms in total. The minimum Gasteiger partial charge on any atom is -0.490 e. The van der Waals surface area contributed by atoms with Crippen molar-refractivity contribution in [1.82, 2.24) is 4.90 Å². The van der Waals surface area contributed by atoms with Crippen molar-refractivity contribution in [1.29, 1.82) is 0 Å². The van der Waals surface area contributed by atoms with Crippen LogP contribution in [0.1, 0.15) is 95.2 Å². The molecule has 1 aliphatic carbocycles. The van der Waals surface area contributed by atoms with Crippen LogP contribution in [0.5, 0.6) is 5.75 Å². The predicted molar refractivity (Wildman–Crippen MR) is 138 cm³/mol. The van der Waals surface area contributed by atoms with E-state index < -0.39 is 17.7 Å². The lowest BCUT2D eigenvalue weighted by molar-refractivity contribution is -0.147. The number of rotatable bonds is 6. The fourth-order valence-electron chi connectivity index (χ4n) is 7.24. The zero-order valence-corrected chi connectivity index (χ0v) is 21.8. The molecule has 0 amide bonds. The standard InChI is InChI=1S/C30H38F3NO3/c1-3-19-7-11-25(12-8-19)37-27-14-10-21-15-20(9-13-26(21)28(27)30(31,32)33)18(2)34-23-5-4-6-24(34)17-22(16-23)29(35)36/h9-10,13-15,18-19,22-25H,3-8,11-12,16-17H2,1-2H3,(H,35,36)/t18-,19-,22?,23?,24?,25+/m1/s1. The summed E-state index contributed by atoms with van der Waals surface area (Å²) >= 11 is 0. The van der Waals surface area contributed by atoms with Gasteiger partial charge in [-0.15, -0.1) is 0 Å². The van der Waals surface area contributed by atoms with E-state index in [1.165, 1.54) is 6.07 Å². The molecule has 37 heavy (non-hydrogen) atoms. The number of nitrogens with zero attached hydrogens (tertiary/aromatic N) is 1. The Kier molecular flexibility index (Phi) is 7.45. The normalized spacial score (nSPS) is 29.7. The molecule has 2 unspecified atom stereocenters. The summed E-state index contributed by atoms with van der Waals surface area (Å²) in [5.74, 6) is -0.439. The Balaban J connectivity index is 1.42. The van der Waals surface area contributed by atoms with E-state index in [0.717, 1.165) is 56.9 Å². The van der Waals surface area contributed by atoms with Crippen molar-refractivity contribution < 1.29 is 27.8 Å². The molecule has 0 aromatic heterocycles. The number of fused-ring (bicyclic) bond motifs is 3. The third kappa shape index (κ3) is 5.34. The van der Waals surface area contributed by atoms with E-state index in [0.29, 0.717) is 24.1 Å². The highest BCUT2D eigenvalue weighted by Crippen LogP contribution is 2.45. The SMILES string of the molecule is CC[C@H]1CC[C@@H](Oc2ccc3cc([C@@H](C)N4C5CCCC4CC(C(=O)O)C5)ccc3c2C(F)(F)F)CC1. The van der Waals surface area contributed by atoms with Gasteiger partial charge < -0.3 is 9.84 Å². The summed E-state index contributed by atoms with van der Waals surface area (Å²) in [4.78, 5) is 14.1. The summed E-state index contributed by atoms with van der Waals surface area (Å²) in [5, 5.41) is 10.3. The van der Waals surface area contributed by atoms with Gasteiger partial charge in [-0.25, -0.2) is 0 Å². The smallest absolute Gasteiger partial charge is 0.420 e. The number of benzene rings is 2. The van der Waals surface area contributed by atoms with E-state index in [4.69, 9.17) is 4.74 Å². The Morgan fingerprint density at radius 3 is 2.32 bits per heavy atom. The molecule has 0 radical (unpaired) electrons. The number of piperidine rings is 2. The molecule has 2 saturated heterocycles. The zero-order chi connectivity index (χ0) is 26.3. The van der Waals surface area contributed by atoms with Gasteiger partial charge in [0.15, 0.2) is 0 Å². The van der Waals surface area contributed by atoms with Crippen LogP contribution in [0.2, 0.25) is 0 Å². The van der Waals surface area contributed by atoms with Gasteiger partial charge in [-0.05, 0) is 92.7 Å². The number of aliphatic carboxylic acids is 1. The van der Waals surface area contributed by atoms with E-state index in [2.05, 4.69) is 18.7 Å². The maximum atomic E-state index is 14.3. The molecule has 1 saturated carbocycles. The van der Waals surface area contributed by atoms with Gasteiger partial charge >= 0.3 is 12.1 Å². The maximum absolute atomic E-state index is 14.3. The number of carboxylic acid groups (broad SMARTS) is 1. The summed E-state index contributed by atoms with van der Waals surface area (Å²) in [6.07, 6.45) is 4.34. The Morgan fingerprint density at radius 1 is 1.05 bits per heavy atom. The quantitative estimate of drug-likeness (QED) is 0.422. The average Bonchev–Trinajstić information content (AvgIpc) is 2.86. The second-order valence-electron chi connectivity index (χ2n) is 11.5. The Bertz CT molecular complexity index is 1110. The number of alkyl halides is 3. The fraction of sp³-hybridized carbons (Fsp3) is 0.633. The molecule has 3 fully saturated rings. The summed E-state index contributed by atoms with van der Waals surface area (Å²) in [5.41, 5.74) is 0.291. The van der Waals surface area contributed by atoms with Crippen molar-refractivity contribution in [2.45, 2.75) is 108 Å². The van der Waals surface area contributed by atoms with Gasteiger partial charge in [-0.1, -0.05) is 38.0 Å². The number of hydrogen-bond donors (Lipinski definition) is 1. The highest BCUT2D eigenvalue weighted by Gasteiger charge is 2.43. The first-order valence-corrected chi connectivity index (χ1v) is 14.0. The van der Waals surface area contributed by atoms with Crippen molar-refractivity contribution in [3.63, 3.8) is 0 Å². The third-order valence-electron chi connectivity index (χ3n) is 9.26. The molecule has 2 heterocycles. The first-order valence-electron chi connectivity index (χ1n) is 14.0. The second-order valence-corrected chi connectivity index (χ2v) is 11.5. The van der Waals surface area contributed by atoms with Crippen LogP contribution in [0, 0.1) is 11.8 Å². The van der Waals surface area contributed by atoms with Crippen LogP contribution in [-0.4, -0.2) is 34.2 Å². The predicted octanol–water partition coefficient (Wildman–Crippen LogP) is 7.98. The van der Waals surface area contributed by atoms with Crippen LogP contribution in [0.15, 0.2) is 30.3 Å². The lowest BCUT2D eigenvalue weighted by Crippen LogP contribution is -2.53. The first kappa shape index (κ1) is 26.3. The molecular formula is C30H38F3NO3. The van der Waals surface area contributed by atoms with E-state index in [-0.39, 0.29) is 41.3 Å². The van der Waals surface area contributed by atoms with Crippen LogP contribution in [-0.2, 0) is 11.0 Å². The lowest BCUT2D eigenvalue weighted by atomic mass is 9.77. The molecule has 2 aliphatic heterocycles. The van der Waals surface area contributed by atoms with Crippen molar-refractivity contribution in [3.05, 3.63) is 41.5 Å². The van der Waals surface area contributed by atoms with E-state index >= 15 is 0 Å². The molecule has 5 rings (SSSR count). The third-order valence-corrected chi connectivity index (χ3v) is 9.26. The van der Waals surface area contributed by atoms with Gasteiger partial charge in [-0.2, -0.15) is 13.2 Å². The zero-order valence-electron chi connectivity index (χ0n) is 21.8. The molecule has 3 atom stereocenters. The maximum Gasteiger partial charge on any atom is 0.420 e. The Hall–Kier alpha value is -2.28. The van der Waals surface area contributed by atoms with Gasteiger partial charge in [-0.3, -0.25) is 9.69 Å². The van der Waals surface area contributed by atoms with Gasteiger partial charge in [0.2, 0.25) is 0 Å². The topological polar surface area (TPSA) is 49.8 Å². The second kappa shape index (κ2) is 10.5. The highest BCUT2D eigenvalue weighted by atomic mass is 19.4. The average molecular weight is 518 g/mol.